The van der Waals surface area contributed by atoms with E-state index in [4.69, 9.17) is 5.73 Å². The molecule has 60 valence electrons. The van der Waals surface area contributed by atoms with Crippen LogP contribution in [0.25, 0.3) is 0 Å². The smallest absolute Gasteiger partial charge is 0.544 e. The number of aromatic carboxylic acids is 1. The molecule has 1 heterocycles. The number of nitrogen functional groups attached to an aromatic ring is 1. The van der Waals surface area contributed by atoms with E-state index < -0.39 is 5.97 Å². The molecule has 0 radical (unpaired) electrons. The Kier molecular flexibility index (Phi) is 5.19. The number of thiazole rings is 1. The van der Waals surface area contributed by atoms with E-state index in [0.29, 0.717) is 4.34 Å². The number of anilines is 1. The third-order valence-electron chi connectivity index (χ3n) is 0.994. The van der Waals surface area contributed by atoms with E-state index in [2.05, 4.69) is 4.98 Å². The van der Waals surface area contributed by atoms with Crippen molar-refractivity contribution in [1.82, 2.24) is 4.98 Å². The third-order valence-corrected chi connectivity index (χ3v) is 3.03. The minimum absolute atomic E-state index is 0. The van der Waals surface area contributed by atoms with E-state index in [9.17, 15) is 9.90 Å². The predicted molar refractivity (Wildman–Crippen MR) is 42.6 cm³/mol. The molecular formula is C5H5N2NaO2S2. The molecule has 0 aliphatic carbocycles. The van der Waals surface area contributed by atoms with Crippen LogP contribution in [0.3, 0.4) is 0 Å². The van der Waals surface area contributed by atoms with Crippen LogP contribution >= 0.6 is 23.1 Å². The van der Waals surface area contributed by atoms with Gasteiger partial charge >= 0.3 is 29.6 Å². The van der Waals surface area contributed by atoms with Gasteiger partial charge in [0, 0.05) is 0 Å². The molecule has 0 fully saturated rings. The van der Waals surface area contributed by atoms with Crippen molar-refractivity contribution >= 4 is 34.9 Å². The van der Waals surface area contributed by atoms with Crippen LogP contribution in [-0.2, 0) is 0 Å². The SMILES string of the molecule is CSc1nc(N)c(C(=O)[O-])s1.[Na+]. The minimum Gasteiger partial charge on any atom is -0.544 e. The molecular weight excluding hydrogens is 207 g/mol. The zero-order chi connectivity index (χ0) is 8.43. The number of nitrogens with two attached hydrogens (primary N) is 1. The third kappa shape index (κ3) is 2.63. The van der Waals surface area contributed by atoms with Crippen molar-refractivity contribution in [2.24, 2.45) is 0 Å². The summed E-state index contributed by atoms with van der Waals surface area (Å²) in [6.07, 6.45) is 1.80. The van der Waals surface area contributed by atoms with Crippen LogP contribution < -0.4 is 40.4 Å². The Labute approximate surface area is 99.9 Å². The van der Waals surface area contributed by atoms with E-state index in [1.165, 1.54) is 11.8 Å². The van der Waals surface area contributed by atoms with E-state index in [0.717, 1.165) is 11.3 Å². The average Bonchev–Trinajstić information content (AvgIpc) is 2.30. The van der Waals surface area contributed by atoms with Gasteiger partial charge < -0.3 is 15.6 Å². The zero-order valence-electron chi connectivity index (χ0n) is 6.66. The molecule has 1 rings (SSSR count). The summed E-state index contributed by atoms with van der Waals surface area (Å²) < 4.78 is 0.640. The number of aromatic nitrogens is 1. The first-order valence-electron chi connectivity index (χ1n) is 2.66. The molecule has 0 saturated carbocycles. The first-order valence-corrected chi connectivity index (χ1v) is 4.71. The summed E-state index contributed by atoms with van der Waals surface area (Å²) >= 11 is 2.39. The van der Waals surface area contributed by atoms with Gasteiger partial charge in [-0.25, -0.2) is 4.98 Å². The van der Waals surface area contributed by atoms with Crippen molar-refractivity contribution in [1.29, 1.82) is 0 Å². The normalized spacial score (nSPS) is 9.08. The summed E-state index contributed by atoms with van der Waals surface area (Å²) in [5.41, 5.74) is 5.28. The Bertz CT molecular complexity index is 289. The molecule has 0 bridgehead atoms. The number of carboxylic acid groups (broad SMARTS) is 1. The first-order chi connectivity index (χ1) is 5.15. The molecule has 0 aliphatic rings. The van der Waals surface area contributed by atoms with Gasteiger partial charge in [-0.05, 0) is 6.26 Å². The van der Waals surface area contributed by atoms with Gasteiger partial charge in [-0.3, -0.25) is 0 Å². The van der Waals surface area contributed by atoms with Gasteiger partial charge in [0.25, 0.3) is 0 Å². The van der Waals surface area contributed by atoms with Crippen molar-refractivity contribution in [3.8, 4) is 0 Å². The van der Waals surface area contributed by atoms with Gasteiger partial charge in [0.1, 0.15) is 5.82 Å². The average molecular weight is 212 g/mol. The molecule has 1 aromatic heterocycles. The standard InChI is InChI=1S/C5H6N2O2S2.Na/c1-10-5-7-3(6)2(11-5)4(8)9;/h6H2,1H3,(H,8,9);/q;+1/p-1. The molecule has 0 aromatic carbocycles. The number of hydrogen-bond donors (Lipinski definition) is 1. The first kappa shape index (κ1) is 12.2. The van der Waals surface area contributed by atoms with Crippen LogP contribution in [0.1, 0.15) is 9.67 Å². The molecule has 2 N–H and O–H groups in total. The maximum Gasteiger partial charge on any atom is 1.00 e. The van der Waals surface area contributed by atoms with E-state index >= 15 is 0 Å². The Morgan fingerprint density at radius 3 is 2.58 bits per heavy atom. The fraction of sp³-hybridized carbons (Fsp3) is 0.200. The van der Waals surface area contributed by atoms with E-state index in [1.807, 2.05) is 0 Å². The number of carbonyl (C=O) groups is 1. The Balaban J connectivity index is 0.00000121. The fourth-order valence-corrected chi connectivity index (χ4v) is 1.87. The molecule has 0 aliphatic heterocycles. The molecule has 0 atom stereocenters. The Morgan fingerprint density at radius 1 is 1.75 bits per heavy atom. The quantitative estimate of drug-likeness (QED) is 0.413. The topological polar surface area (TPSA) is 79.0 Å². The largest absolute Gasteiger partial charge is 1.00 e. The van der Waals surface area contributed by atoms with Crippen LogP contribution in [0.4, 0.5) is 5.82 Å². The second kappa shape index (κ2) is 5.08. The van der Waals surface area contributed by atoms with Crippen molar-refractivity contribution in [2.75, 3.05) is 12.0 Å². The number of carbonyl (C=O) groups excluding carboxylic acids is 1. The number of carboxylic acids is 1. The maximum atomic E-state index is 10.3. The number of nitrogens with zero attached hydrogens (tertiary/aromatic N) is 1. The number of hydrogen-bond acceptors (Lipinski definition) is 6. The van der Waals surface area contributed by atoms with Gasteiger partial charge in [-0.15, -0.1) is 11.3 Å². The molecule has 4 nitrogen and oxygen atoms in total. The summed E-state index contributed by atoms with van der Waals surface area (Å²) in [5.74, 6) is -1.22. The van der Waals surface area contributed by atoms with Gasteiger partial charge in [-0.1, -0.05) is 11.8 Å². The summed E-state index contributed by atoms with van der Waals surface area (Å²) in [6.45, 7) is 0. The second-order valence-electron chi connectivity index (χ2n) is 1.69. The van der Waals surface area contributed by atoms with Crippen molar-refractivity contribution in [3.63, 3.8) is 0 Å². The van der Waals surface area contributed by atoms with Crippen LogP contribution in [0, 0.1) is 0 Å². The number of rotatable bonds is 2. The molecule has 12 heavy (non-hydrogen) atoms. The van der Waals surface area contributed by atoms with Crippen molar-refractivity contribution < 1.29 is 39.5 Å². The monoisotopic (exact) mass is 212 g/mol. The molecule has 0 spiro atoms. The zero-order valence-corrected chi connectivity index (χ0v) is 10.3. The second-order valence-corrected chi connectivity index (χ2v) is 3.74. The summed E-state index contributed by atoms with van der Waals surface area (Å²) in [5, 5.41) is 10.3. The summed E-state index contributed by atoms with van der Waals surface area (Å²) in [7, 11) is 0. The molecule has 0 unspecified atom stereocenters. The fourth-order valence-electron chi connectivity index (χ4n) is 0.545. The van der Waals surface area contributed by atoms with Crippen LogP contribution in [0.15, 0.2) is 4.34 Å². The number of thioether (sulfide) groups is 1. The molecule has 0 amide bonds. The van der Waals surface area contributed by atoms with Gasteiger partial charge in [0.15, 0.2) is 4.34 Å². The van der Waals surface area contributed by atoms with Gasteiger partial charge in [-0.2, -0.15) is 0 Å². The van der Waals surface area contributed by atoms with Crippen LogP contribution in [-0.4, -0.2) is 17.2 Å². The van der Waals surface area contributed by atoms with E-state index in [1.54, 1.807) is 6.26 Å². The molecule has 0 saturated heterocycles. The Morgan fingerprint density at radius 2 is 2.33 bits per heavy atom. The summed E-state index contributed by atoms with van der Waals surface area (Å²) in [4.78, 5) is 14.1. The van der Waals surface area contributed by atoms with Crippen LogP contribution in [0.2, 0.25) is 0 Å². The maximum absolute atomic E-state index is 10.3. The minimum atomic E-state index is -1.26. The van der Waals surface area contributed by atoms with Gasteiger partial charge in [0.2, 0.25) is 0 Å². The van der Waals surface area contributed by atoms with Crippen molar-refractivity contribution in [2.45, 2.75) is 4.34 Å². The van der Waals surface area contributed by atoms with Crippen molar-refractivity contribution in [3.05, 3.63) is 4.88 Å². The molecule has 1 aromatic rings. The predicted octanol–water partition coefficient (Wildman–Crippen LogP) is -3.19. The van der Waals surface area contributed by atoms with E-state index in [-0.39, 0.29) is 40.3 Å². The van der Waals surface area contributed by atoms with Crippen LogP contribution in [0.5, 0.6) is 0 Å². The Hall–Kier alpha value is 0.250. The summed E-state index contributed by atoms with van der Waals surface area (Å²) in [6, 6.07) is 0. The molecule has 7 heteroatoms. The van der Waals surface area contributed by atoms with Gasteiger partial charge in [0.05, 0.1) is 10.8 Å².